The Morgan fingerprint density at radius 1 is 1.23 bits per heavy atom. The lowest BCUT2D eigenvalue weighted by Crippen LogP contribution is -2.28. The predicted molar refractivity (Wildman–Crippen MR) is 107 cm³/mol. The van der Waals surface area contributed by atoms with E-state index in [0.717, 1.165) is 16.9 Å². The molecule has 12 heteroatoms. The number of nitrogens with zero attached hydrogens (tertiary/aromatic N) is 2. The molecular formula is C18H24N4O7S. The number of carbonyl (C=O) groups excluding carboxylic acids is 1. The number of ether oxygens (including phenoxy) is 4. The Morgan fingerprint density at radius 3 is 2.50 bits per heavy atom. The van der Waals surface area contributed by atoms with Gasteiger partial charge in [-0.15, -0.1) is 10.2 Å². The number of aliphatic hydroxyl groups is 2. The molecule has 0 aliphatic carbocycles. The number of anilines is 1. The van der Waals surface area contributed by atoms with Crippen molar-refractivity contribution in [1.29, 1.82) is 0 Å². The Labute approximate surface area is 176 Å². The van der Waals surface area contributed by atoms with Crippen molar-refractivity contribution in [3.05, 3.63) is 22.7 Å². The smallest absolute Gasteiger partial charge is 0.321 e. The normalized spacial score (nSPS) is 20.6. The number of aromatic nitrogens is 2. The van der Waals surface area contributed by atoms with Crippen molar-refractivity contribution in [2.24, 2.45) is 0 Å². The van der Waals surface area contributed by atoms with Gasteiger partial charge in [0.2, 0.25) is 10.9 Å². The van der Waals surface area contributed by atoms with E-state index >= 15 is 0 Å². The lowest BCUT2D eigenvalue weighted by atomic mass is 10.1. The number of benzene rings is 1. The number of nitrogens with one attached hydrogen (secondary N) is 2. The lowest BCUT2D eigenvalue weighted by Gasteiger charge is -2.14. The van der Waals surface area contributed by atoms with Crippen molar-refractivity contribution in [1.82, 2.24) is 15.5 Å². The molecule has 3 rings (SSSR count). The van der Waals surface area contributed by atoms with Crippen LogP contribution in [0.25, 0.3) is 0 Å². The Hall–Kier alpha value is -2.67. The zero-order valence-corrected chi connectivity index (χ0v) is 17.6. The summed E-state index contributed by atoms with van der Waals surface area (Å²) in [5.74, 6) is 1.45. The van der Waals surface area contributed by atoms with Gasteiger partial charge in [-0.3, -0.25) is 5.32 Å². The first-order chi connectivity index (χ1) is 14.5. The van der Waals surface area contributed by atoms with Gasteiger partial charge in [0.1, 0.15) is 17.2 Å². The standard InChI is InChI=1S/C18H24N4O7S/c1-26-11-4-9(5-12(27-2)15(11)28-3)7-19-17(25)20-18-22-21-16(30-18)13-6-10(24)14(8-23)29-13/h4-5,10,13-14,23-24H,6-8H2,1-3H3,(H2,19,20,22,25)/t10-,13-,14+/m0/s1. The fourth-order valence-corrected chi connectivity index (χ4v) is 3.82. The average molecular weight is 440 g/mol. The van der Waals surface area contributed by atoms with Crippen molar-refractivity contribution in [3.63, 3.8) is 0 Å². The second-order valence-corrected chi connectivity index (χ2v) is 7.44. The summed E-state index contributed by atoms with van der Waals surface area (Å²) in [6.45, 7) is -0.0603. The van der Waals surface area contributed by atoms with Crippen molar-refractivity contribution in [2.45, 2.75) is 31.3 Å². The fraction of sp³-hybridized carbons (Fsp3) is 0.500. The Morgan fingerprint density at radius 2 is 1.93 bits per heavy atom. The summed E-state index contributed by atoms with van der Waals surface area (Å²) in [5.41, 5.74) is 0.751. The molecule has 11 nitrogen and oxygen atoms in total. The van der Waals surface area contributed by atoms with E-state index in [9.17, 15) is 9.90 Å². The monoisotopic (exact) mass is 440 g/mol. The highest BCUT2D eigenvalue weighted by Crippen LogP contribution is 2.38. The number of rotatable bonds is 8. The molecule has 2 amide bonds. The van der Waals surface area contributed by atoms with Crippen LogP contribution in [-0.4, -0.2) is 66.6 Å². The van der Waals surface area contributed by atoms with E-state index in [-0.39, 0.29) is 18.3 Å². The van der Waals surface area contributed by atoms with Crippen molar-refractivity contribution in [2.75, 3.05) is 33.3 Å². The summed E-state index contributed by atoms with van der Waals surface area (Å²) >= 11 is 1.14. The van der Waals surface area contributed by atoms with Gasteiger partial charge in [0, 0.05) is 13.0 Å². The minimum Gasteiger partial charge on any atom is -0.493 e. The first-order valence-corrected chi connectivity index (χ1v) is 9.92. The van der Waals surface area contributed by atoms with Crippen molar-refractivity contribution in [3.8, 4) is 17.2 Å². The third kappa shape index (κ3) is 4.90. The van der Waals surface area contributed by atoms with Gasteiger partial charge in [0.15, 0.2) is 11.5 Å². The third-order valence-corrected chi connectivity index (χ3v) is 5.45. The minimum atomic E-state index is -0.762. The van der Waals surface area contributed by atoms with Gasteiger partial charge in [-0.1, -0.05) is 11.3 Å². The van der Waals surface area contributed by atoms with Gasteiger partial charge in [0.05, 0.1) is 34.0 Å². The van der Waals surface area contributed by atoms with Crippen LogP contribution in [-0.2, 0) is 11.3 Å². The molecule has 164 valence electrons. The maximum atomic E-state index is 12.2. The number of hydrogen-bond acceptors (Lipinski definition) is 10. The van der Waals surface area contributed by atoms with E-state index in [1.165, 1.54) is 21.3 Å². The SMILES string of the molecule is COc1cc(CNC(=O)Nc2nnc([C@@H]3C[C@H](O)[C@@H](CO)O3)s2)cc(OC)c1OC. The molecular weight excluding hydrogens is 416 g/mol. The van der Waals surface area contributed by atoms with E-state index < -0.39 is 24.3 Å². The van der Waals surface area contributed by atoms with E-state index in [0.29, 0.717) is 28.7 Å². The summed E-state index contributed by atoms with van der Waals surface area (Å²) < 4.78 is 21.4. The molecule has 1 aliphatic heterocycles. The number of methoxy groups -OCH3 is 3. The van der Waals surface area contributed by atoms with Crippen LogP contribution < -0.4 is 24.8 Å². The highest BCUT2D eigenvalue weighted by molar-refractivity contribution is 7.15. The zero-order chi connectivity index (χ0) is 21.7. The van der Waals surface area contributed by atoms with Gasteiger partial charge < -0.3 is 34.5 Å². The molecule has 1 aliphatic rings. The topological polar surface area (TPSA) is 144 Å². The maximum absolute atomic E-state index is 12.2. The summed E-state index contributed by atoms with van der Waals surface area (Å²) in [6.07, 6.45) is -1.56. The molecule has 1 aromatic carbocycles. The first-order valence-electron chi connectivity index (χ1n) is 9.10. The van der Waals surface area contributed by atoms with Crippen LogP contribution in [0.2, 0.25) is 0 Å². The van der Waals surface area contributed by atoms with Gasteiger partial charge in [-0.2, -0.15) is 0 Å². The summed E-state index contributed by atoms with van der Waals surface area (Å²) in [7, 11) is 4.55. The van der Waals surface area contributed by atoms with Crippen LogP contribution in [0.4, 0.5) is 9.93 Å². The Bertz CT molecular complexity index is 853. The number of carbonyl (C=O) groups is 1. The van der Waals surface area contributed by atoms with E-state index in [4.69, 9.17) is 24.1 Å². The quantitative estimate of drug-likeness (QED) is 0.474. The highest BCUT2D eigenvalue weighted by Gasteiger charge is 2.36. The molecule has 2 heterocycles. The summed E-state index contributed by atoms with van der Waals surface area (Å²) in [5, 5.41) is 33.1. The van der Waals surface area contributed by atoms with Crippen LogP contribution in [0.15, 0.2) is 12.1 Å². The number of hydrogen-bond donors (Lipinski definition) is 4. The highest BCUT2D eigenvalue weighted by atomic mass is 32.1. The molecule has 4 N–H and O–H groups in total. The number of amides is 2. The maximum Gasteiger partial charge on any atom is 0.321 e. The first kappa shape index (κ1) is 22.0. The molecule has 30 heavy (non-hydrogen) atoms. The molecule has 1 saturated heterocycles. The van der Waals surface area contributed by atoms with Gasteiger partial charge in [-0.25, -0.2) is 4.79 Å². The number of urea groups is 1. The predicted octanol–water partition coefficient (Wildman–Crippen LogP) is 1.07. The van der Waals surface area contributed by atoms with Crippen molar-refractivity contribution >= 4 is 22.5 Å². The number of aliphatic hydroxyl groups excluding tert-OH is 2. The minimum absolute atomic E-state index is 0.213. The van der Waals surface area contributed by atoms with Crippen molar-refractivity contribution < 1.29 is 34.0 Å². The van der Waals surface area contributed by atoms with Crippen LogP contribution in [0.5, 0.6) is 17.2 Å². The second kappa shape index (κ2) is 9.89. The lowest BCUT2D eigenvalue weighted by molar-refractivity contribution is -0.0227. The van der Waals surface area contributed by atoms with E-state index in [1.807, 2.05) is 0 Å². The van der Waals surface area contributed by atoms with E-state index in [1.54, 1.807) is 12.1 Å². The summed E-state index contributed by atoms with van der Waals surface area (Å²) in [4.78, 5) is 12.2. The van der Waals surface area contributed by atoms with Crippen LogP contribution in [0, 0.1) is 0 Å². The molecule has 0 bridgehead atoms. The molecule has 3 atom stereocenters. The molecule has 0 saturated carbocycles. The molecule has 0 radical (unpaired) electrons. The molecule has 1 fully saturated rings. The van der Waals surface area contributed by atoms with Crippen LogP contribution in [0.3, 0.4) is 0 Å². The third-order valence-electron chi connectivity index (χ3n) is 4.52. The Kier molecular flexibility index (Phi) is 7.26. The molecule has 2 aromatic rings. The fourth-order valence-electron chi connectivity index (χ4n) is 3.03. The van der Waals surface area contributed by atoms with Crippen LogP contribution >= 0.6 is 11.3 Å². The average Bonchev–Trinajstić information content (AvgIpc) is 3.37. The van der Waals surface area contributed by atoms with Crippen LogP contribution in [0.1, 0.15) is 23.1 Å². The molecule has 1 aromatic heterocycles. The van der Waals surface area contributed by atoms with E-state index in [2.05, 4.69) is 20.8 Å². The van der Waals surface area contributed by atoms with Gasteiger partial charge in [-0.05, 0) is 17.7 Å². The molecule has 0 unspecified atom stereocenters. The van der Waals surface area contributed by atoms with Gasteiger partial charge in [0.25, 0.3) is 0 Å². The largest absolute Gasteiger partial charge is 0.493 e. The second-order valence-electron chi connectivity index (χ2n) is 6.44. The zero-order valence-electron chi connectivity index (χ0n) is 16.7. The Balaban J connectivity index is 1.57. The summed E-state index contributed by atoms with van der Waals surface area (Å²) in [6, 6.07) is 3.02. The molecule has 0 spiro atoms. The van der Waals surface area contributed by atoms with Gasteiger partial charge >= 0.3 is 6.03 Å².